The molecule has 2 rings (SSSR count). The zero-order valence-corrected chi connectivity index (χ0v) is 12.6. The van der Waals surface area contributed by atoms with E-state index in [-0.39, 0.29) is 5.54 Å². The zero-order chi connectivity index (χ0) is 13.7. The van der Waals surface area contributed by atoms with Crippen molar-refractivity contribution in [3.8, 4) is 6.07 Å². The number of rotatable bonds is 5. The van der Waals surface area contributed by atoms with Crippen molar-refractivity contribution in [1.29, 1.82) is 5.26 Å². The van der Waals surface area contributed by atoms with Crippen LogP contribution < -0.4 is 10.6 Å². The molecular weight excluding hydrogens is 306 g/mol. The van der Waals surface area contributed by atoms with Crippen molar-refractivity contribution in [1.82, 2.24) is 5.32 Å². The molecule has 1 unspecified atom stereocenters. The Labute approximate surface area is 122 Å². The number of ether oxygens (including phenoxy) is 1. The fourth-order valence-electron chi connectivity index (χ4n) is 2.46. The monoisotopic (exact) mass is 323 g/mol. The minimum Gasteiger partial charge on any atom is -0.383 e. The first kappa shape index (κ1) is 14.3. The van der Waals surface area contributed by atoms with Crippen LogP contribution >= 0.6 is 15.9 Å². The Balaban J connectivity index is 2.03. The van der Waals surface area contributed by atoms with Gasteiger partial charge >= 0.3 is 0 Å². The molecule has 0 amide bonds. The van der Waals surface area contributed by atoms with Gasteiger partial charge in [0.2, 0.25) is 0 Å². The van der Waals surface area contributed by atoms with Gasteiger partial charge in [-0.2, -0.15) is 5.26 Å². The molecule has 1 fully saturated rings. The largest absolute Gasteiger partial charge is 0.383 e. The minimum atomic E-state index is 0.0160. The summed E-state index contributed by atoms with van der Waals surface area (Å²) in [6.45, 7) is 2.55. The molecule has 1 aliphatic rings. The van der Waals surface area contributed by atoms with Gasteiger partial charge in [0.15, 0.2) is 0 Å². The van der Waals surface area contributed by atoms with Crippen LogP contribution in [-0.4, -0.2) is 32.3 Å². The molecule has 1 atom stereocenters. The van der Waals surface area contributed by atoms with E-state index in [1.54, 1.807) is 7.11 Å². The normalized spacial score (nSPS) is 22.2. The minimum absolute atomic E-state index is 0.0160. The third kappa shape index (κ3) is 3.47. The summed E-state index contributed by atoms with van der Waals surface area (Å²) in [5.41, 5.74) is 1.67. The summed E-state index contributed by atoms with van der Waals surface area (Å²) in [5.74, 6) is 0. The second-order valence-corrected chi connectivity index (χ2v) is 5.76. The summed E-state index contributed by atoms with van der Waals surface area (Å²) in [7, 11) is 1.74. The summed E-state index contributed by atoms with van der Waals surface area (Å²) in [6, 6.07) is 7.70. The summed E-state index contributed by atoms with van der Waals surface area (Å²) in [4.78, 5) is 0. The SMILES string of the molecule is COCC1(CNc2ccc(C#N)cc2Br)CCCN1. The first-order valence-electron chi connectivity index (χ1n) is 6.37. The molecule has 102 valence electrons. The van der Waals surface area contributed by atoms with Gasteiger partial charge in [0.1, 0.15) is 0 Å². The molecule has 0 aromatic heterocycles. The number of hydrogen-bond donors (Lipinski definition) is 2. The maximum atomic E-state index is 8.85. The summed E-state index contributed by atoms with van der Waals surface area (Å²) < 4.78 is 6.24. The molecule has 1 aromatic rings. The summed E-state index contributed by atoms with van der Waals surface area (Å²) in [5, 5.41) is 15.8. The van der Waals surface area contributed by atoms with E-state index in [0.29, 0.717) is 12.2 Å². The van der Waals surface area contributed by atoms with Crippen molar-refractivity contribution in [2.75, 3.05) is 32.1 Å². The molecule has 0 saturated carbocycles. The topological polar surface area (TPSA) is 57.1 Å². The Bertz CT molecular complexity index is 478. The van der Waals surface area contributed by atoms with E-state index in [9.17, 15) is 0 Å². The van der Waals surface area contributed by atoms with Crippen LogP contribution in [0.5, 0.6) is 0 Å². The zero-order valence-electron chi connectivity index (χ0n) is 11.0. The lowest BCUT2D eigenvalue weighted by atomic mass is 9.98. The van der Waals surface area contributed by atoms with Crippen LogP contribution in [0.1, 0.15) is 18.4 Å². The van der Waals surface area contributed by atoms with Crippen LogP contribution in [0.15, 0.2) is 22.7 Å². The van der Waals surface area contributed by atoms with Gasteiger partial charge in [0.25, 0.3) is 0 Å². The highest BCUT2D eigenvalue weighted by Crippen LogP contribution is 2.26. The number of methoxy groups -OCH3 is 1. The summed E-state index contributed by atoms with van der Waals surface area (Å²) in [6.07, 6.45) is 2.29. The Morgan fingerprint density at radius 2 is 2.42 bits per heavy atom. The lowest BCUT2D eigenvalue weighted by Crippen LogP contribution is -2.49. The Kier molecular flexibility index (Phi) is 4.81. The highest BCUT2D eigenvalue weighted by molar-refractivity contribution is 9.10. The van der Waals surface area contributed by atoms with Crippen LogP contribution in [0.25, 0.3) is 0 Å². The van der Waals surface area contributed by atoms with Crippen LogP contribution in [-0.2, 0) is 4.74 Å². The molecule has 19 heavy (non-hydrogen) atoms. The van der Waals surface area contributed by atoms with Crippen LogP contribution in [0.2, 0.25) is 0 Å². The Morgan fingerprint density at radius 3 is 3.00 bits per heavy atom. The molecule has 5 heteroatoms. The molecule has 0 radical (unpaired) electrons. The predicted octanol–water partition coefficient (Wildman–Crippen LogP) is 2.50. The van der Waals surface area contributed by atoms with Crippen LogP contribution in [0.4, 0.5) is 5.69 Å². The maximum absolute atomic E-state index is 8.85. The average Bonchev–Trinajstić information content (AvgIpc) is 2.87. The highest BCUT2D eigenvalue weighted by Gasteiger charge is 2.33. The molecule has 0 spiro atoms. The van der Waals surface area contributed by atoms with Gasteiger partial charge < -0.3 is 15.4 Å². The second-order valence-electron chi connectivity index (χ2n) is 4.90. The number of halogens is 1. The van der Waals surface area contributed by atoms with Gasteiger partial charge in [-0.25, -0.2) is 0 Å². The van der Waals surface area contributed by atoms with Gasteiger partial charge in [-0.1, -0.05) is 0 Å². The fourth-order valence-corrected chi connectivity index (χ4v) is 2.98. The van der Waals surface area contributed by atoms with Crippen molar-refractivity contribution >= 4 is 21.6 Å². The van der Waals surface area contributed by atoms with Crippen LogP contribution in [0.3, 0.4) is 0 Å². The van der Waals surface area contributed by atoms with Crippen molar-refractivity contribution in [2.45, 2.75) is 18.4 Å². The van der Waals surface area contributed by atoms with Gasteiger partial charge in [-0.15, -0.1) is 0 Å². The van der Waals surface area contributed by atoms with E-state index in [1.165, 1.54) is 6.42 Å². The van der Waals surface area contributed by atoms with Gasteiger partial charge in [-0.05, 0) is 53.5 Å². The number of hydrogen-bond acceptors (Lipinski definition) is 4. The number of anilines is 1. The molecule has 1 aromatic carbocycles. The van der Waals surface area contributed by atoms with E-state index < -0.39 is 0 Å². The number of nitrogens with zero attached hydrogens (tertiary/aromatic N) is 1. The number of nitriles is 1. The van der Waals surface area contributed by atoms with E-state index in [4.69, 9.17) is 10.00 Å². The van der Waals surface area contributed by atoms with E-state index in [0.717, 1.165) is 29.7 Å². The van der Waals surface area contributed by atoms with Gasteiger partial charge in [0.05, 0.1) is 23.8 Å². The quantitative estimate of drug-likeness (QED) is 0.874. The van der Waals surface area contributed by atoms with Gasteiger partial charge in [0, 0.05) is 23.8 Å². The van der Waals surface area contributed by atoms with Crippen molar-refractivity contribution in [3.05, 3.63) is 28.2 Å². The molecule has 1 saturated heterocycles. The molecule has 1 heterocycles. The van der Waals surface area contributed by atoms with Crippen molar-refractivity contribution in [2.24, 2.45) is 0 Å². The summed E-state index contributed by atoms with van der Waals surface area (Å²) >= 11 is 3.49. The third-order valence-corrected chi connectivity index (χ3v) is 4.12. The van der Waals surface area contributed by atoms with Crippen molar-refractivity contribution < 1.29 is 4.74 Å². The molecule has 0 aliphatic carbocycles. The lowest BCUT2D eigenvalue weighted by Gasteiger charge is -2.29. The van der Waals surface area contributed by atoms with Crippen LogP contribution in [0, 0.1) is 11.3 Å². The predicted molar refractivity (Wildman–Crippen MR) is 79.2 cm³/mol. The molecular formula is C14H18BrN3O. The van der Waals surface area contributed by atoms with E-state index in [1.807, 2.05) is 18.2 Å². The smallest absolute Gasteiger partial charge is 0.0992 e. The second kappa shape index (κ2) is 6.38. The Morgan fingerprint density at radius 1 is 1.58 bits per heavy atom. The van der Waals surface area contributed by atoms with E-state index >= 15 is 0 Å². The third-order valence-electron chi connectivity index (χ3n) is 3.47. The standard InChI is InChI=1S/C14H18BrN3O/c1-19-10-14(5-2-6-18-14)9-17-13-4-3-11(8-16)7-12(13)15/h3-4,7,17-18H,2,5-6,9-10H2,1H3. The average molecular weight is 324 g/mol. The molecule has 2 N–H and O–H groups in total. The number of nitrogens with one attached hydrogen (secondary N) is 2. The highest BCUT2D eigenvalue weighted by atomic mass is 79.9. The molecule has 0 bridgehead atoms. The fraction of sp³-hybridized carbons (Fsp3) is 0.500. The molecule has 4 nitrogen and oxygen atoms in total. The molecule has 1 aliphatic heterocycles. The first-order valence-corrected chi connectivity index (χ1v) is 7.16. The maximum Gasteiger partial charge on any atom is 0.0992 e. The first-order chi connectivity index (χ1) is 9.19. The Hall–Kier alpha value is -1.09. The van der Waals surface area contributed by atoms with Crippen molar-refractivity contribution in [3.63, 3.8) is 0 Å². The van der Waals surface area contributed by atoms with E-state index in [2.05, 4.69) is 32.6 Å². The number of benzene rings is 1. The lowest BCUT2D eigenvalue weighted by molar-refractivity contribution is 0.127. The van der Waals surface area contributed by atoms with Gasteiger partial charge in [-0.3, -0.25) is 0 Å².